The molecular formula is C30H40F2O. The SMILES string of the molecule is C=CCOc1ccc2cc(C3CCC4CC(CCCCCCC)CCC4C3)cc(F)c2c1F. The summed E-state index contributed by atoms with van der Waals surface area (Å²) in [6.45, 7) is 6.06. The number of hydrogen-bond donors (Lipinski definition) is 0. The van der Waals surface area contributed by atoms with Crippen LogP contribution in [0, 0.1) is 29.4 Å². The van der Waals surface area contributed by atoms with Crippen LogP contribution in [-0.4, -0.2) is 6.61 Å². The number of halogens is 2. The van der Waals surface area contributed by atoms with Crippen LogP contribution in [0.5, 0.6) is 5.75 Å². The summed E-state index contributed by atoms with van der Waals surface area (Å²) in [7, 11) is 0. The number of rotatable bonds is 10. The van der Waals surface area contributed by atoms with Gasteiger partial charge in [0.05, 0.1) is 5.39 Å². The molecule has 2 aromatic carbocycles. The van der Waals surface area contributed by atoms with Gasteiger partial charge in [-0.2, -0.15) is 0 Å². The van der Waals surface area contributed by atoms with Crippen molar-refractivity contribution >= 4 is 10.8 Å². The molecule has 1 nitrogen and oxygen atoms in total. The summed E-state index contributed by atoms with van der Waals surface area (Å²) in [6.07, 6.45) is 17.5. The second-order valence-corrected chi connectivity index (χ2v) is 10.5. The van der Waals surface area contributed by atoms with Gasteiger partial charge in [-0.1, -0.05) is 76.7 Å². The summed E-state index contributed by atoms with van der Waals surface area (Å²) in [5.41, 5.74) is 1.04. The molecule has 0 N–H and O–H groups in total. The summed E-state index contributed by atoms with van der Waals surface area (Å²) in [6, 6.07) is 6.97. The summed E-state index contributed by atoms with van der Waals surface area (Å²) < 4.78 is 35.2. The maximum atomic E-state index is 15.0. The van der Waals surface area contributed by atoms with Gasteiger partial charge in [-0.05, 0) is 78.9 Å². The van der Waals surface area contributed by atoms with Crippen LogP contribution in [0.15, 0.2) is 36.9 Å². The Morgan fingerprint density at radius 1 is 0.970 bits per heavy atom. The molecule has 2 saturated carbocycles. The molecule has 0 radical (unpaired) electrons. The van der Waals surface area contributed by atoms with Gasteiger partial charge in [0.15, 0.2) is 11.6 Å². The summed E-state index contributed by atoms with van der Waals surface area (Å²) in [5.74, 6) is 1.91. The highest BCUT2D eigenvalue weighted by Crippen LogP contribution is 2.49. The monoisotopic (exact) mass is 454 g/mol. The van der Waals surface area contributed by atoms with Gasteiger partial charge < -0.3 is 4.74 Å². The van der Waals surface area contributed by atoms with Gasteiger partial charge in [0, 0.05) is 0 Å². The maximum absolute atomic E-state index is 15.0. The highest BCUT2D eigenvalue weighted by molar-refractivity contribution is 5.86. The maximum Gasteiger partial charge on any atom is 0.175 e. The van der Waals surface area contributed by atoms with Crippen molar-refractivity contribution in [3.63, 3.8) is 0 Å². The lowest BCUT2D eigenvalue weighted by Gasteiger charge is -2.42. The van der Waals surface area contributed by atoms with E-state index in [0.717, 1.165) is 36.2 Å². The first kappa shape index (κ1) is 24.2. The normalized spacial score (nSPS) is 25.1. The molecule has 4 atom stereocenters. The lowest BCUT2D eigenvalue weighted by Crippen LogP contribution is -2.30. The van der Waals surface area contributed by atoms with Gasteiger partial charge in [0.25, 0.3) is 0 Å². The molecule has 180 valence electrons. The van der Waals surface area contributed by atoms with E-state index in [-0.39, 0.29) is 17.7 Å². The van der Waals surface area contributed by atoms with Gasteiger partial charge in [-0.3, -0.25) is 0 Å². The van der Waals surface area contributed by atoms with Crippen LogP contribution < -0.4 is 4.74 Å². The number of unbranched alkanes of at least 4 members (excludes halogenated alkanes) is 4. The van der Waals surface area contributed by atoms with Crippen molar-refractivity contribution in [2.45, 2.75) is 89.9 Å². The minimum Gasteiger partial charge on any atom is -0.486 e. The number of ether oxygens (including phenoxy) is 1. The fourth-order valence-corrected chi connectivity index (χ4v) is 6.46. The Balaban J connectivity index is 1.38. The van der Waals surface area contributed by atoms with Crippen molar-refractivity contribution in [1.29, 1.82) is 0 Å². The van der Waals surface area contributed by atoms with E-state index in [4.69, 9.17) is 4.74 Å². The van der Waals surface area contributed by atoms with E-state index in [0.29, 0.717) is 11.3 Å². The lowest BCUT2D eigenvalue weighted by molar-refractivity contribution is 0.113. The Bertz CT molecular complexity index is 937. The van der Waals surface area contributed by atoms with E-state index in [9.17, 15) is 4.39 Å². The molecule has 0 saturated heterocycles. The van der Waals surface area contributed by atoms with Gasteiger partial charge in [0.1, 0.15) is 12.4 Å². The largest absolute Gasteiger partial charge is 0.486 e. The van der Waals surface area contributed by atoms with Crippen LogP contribution in [0.4, 0.5) is 8.78 Å². The smallest absolute Gasteiger partial charge is 0.175 e. The van der Waals surface area contributed by atoms with Crippen LogP contribution >= 0.6 is 0 Å². The molecule has 2 aromatic rings. The third-order valence-electron chi connectivity index (χ3n) is 8.26. The second-order valence-electron chi connectivity index (χ2n) is 10.5. The second kappa shape index (κ2) is 11.5. The van der Waals surface area contributed by atoms with Crippen molar-refractivity contribution in [2.24, 2.45) is 17.8 Å². The lowest BCUT2D eigenvalue weighted by atomic mass is 9.63. The molecule has 0 amide bonds. The summed E-state index contributed by atoms with van der Waals surface area (Å²) in [5, 5.41) is 0.663. The molecule has 4 rings (SSSR count). The van der Waals surface area contributed by atoms with E-state index in [2.05, 4.69) is 13.5 Å². The van der Waals surface area contributed by atoms with Crippen molar-refractivity contribution in [3.8, 4) is 5.75 Å². The molecule has 0 aromatic heterocycles. The average Bonchev–Trinajstić information content (AvgIpc) is 2.83. The third-order valence-corrected chi connectivity index (χ3v) is 8.26. The van der Waals surface area contributed by atoms with Crippen LogP contribution in [0.1, 0.15) is 95.5 Å². The van der Waals surface area contributed by atoms with Crippen LogP contribution in [-0.2, 0) is 0 Å². The van der Waals surface area contributed by atoms with Crippen molar-refractivity contribution in [3.05, 3.63) is 54.1 Å². The Hall–Kier alpha value is -1.90. The van der Waals surface area contributed by atoms with E-state index in [1.807, 2.05) is 6.07 Å². The predicted octanol–water partition coefficient (Wildman–Crippen LogP) is 9.34. The highest BCUT2D eigenvalue weighted by Gasteiger charge is 2.36. The highest BCUT2D eigenvalue weighted by atomic mass is 19.1. The zero-order chi connectivity index (χ0) is 23.2. The number of benzene rings is 2. The third kappa shape index (κ3) is 5.78. The standard InChI is InChI=1S/C30H40F2O/c1-3-5-6-7-8-9-21-10-11-23-18-24(13-12-22(23)17-21)26-19-25-14-15-28(33-16-4-2)30(32)29(25)27(31)20-26/h4,14-15,19-24H,2-3,5-13,16-18H2,1H3. The molecule has 33 heavy (non-hydrogen) atoms. The topological polar surface area (TPSA) is 9.23 Å². The fraction of sp³-hybridized carbons (Fsp3) is 0.600. The van der Waals surface area contributed by atoms with Crippen LogP contribution in [0.2, 0.25) is 0 Å². The van der Waals surface area contributed by atoms with Gasteiger partial charge in [-0.25, -0.2) is 8.78 Å². The molecule has 4 unspecified atom stereocenters. The predicted molar refractivity (Wildman–Crippen MR) is 134 cm³/mol. The van der Waals surface area contributed by atoms with E-state index < -0.39 is 11.6 Å². The fourth-order valence-electron chi connectivity index (χ4n) is 6.46. The van der Waals surface area contributed by atoms with Crippen molar-refractivity contribution in [1.82, 2.24) is 0 Å². The Morgan fingerprint density at radius 2 is 1.76 bits per heavy atom. The van der Waals surface area contributed by atoms with Crippen molar-refractivity contribution in [2.75, 3.05) is 6.61 Å². The molecule has 0 bridgehead atoms. The average molecular weight is 455 g/mol. The quantitative estimate of drug-likeness (QED) is 0.257. The first-order chi connectivity index (χ1) is 16.1. The van der Waals surface area contributed by atoms with E-state index >= 15 is 4.39 Å². The van der Waals surface area contributed by atoms with E-state index in [1.165, 1.54) is 64.2 Å². The Morgan fingerprint density at radius 3 is 2.58 bits per heavy atom. The van der Waals surface area contributed by atoms with Gasteiger partial charge in [0.2, 0.25) is 0 Å². The Labute approximate surface area is 198 Å². The molecule has 3 heteroatoms. The molecular weight excluding hydrogens is 414 g/mol. The summed E-state index contributed by atoms with van der Waals surface area (Å²) in [4.78, 5) is 0. The number of fused-ring (bicyclic) bond motifs is 2. The van der Waals surface area contributed by atoms with Crippen LogP contribution in [0.25, 0.3) is 10.8 Å². The minimum atomic E-state index is -0.616. The van der Waals surface area contributed by atoms with Gasteiger partial charge >= 0.3 is 0 Å². The van der Waals surface area contributed by atoms with Crippen LogP contribution in [0.3, 0.4) is 0 Å². The minimum absolute atomic E-state index is 0.0356. The molecule has 2 fully saturated rings. The van der Waals surface area contributed by atoms with Gasteiger partial charge in [-0.15, -0.1) is 0 Å². The first-order valence-electron chi connectivity index (χ1n) is 13.3. The molecule has 0 spiro atoms. The van der Waals surface area contributed by atoms with E-state index in [1.54, 1.807) is 24.3 Å². The zero-order valence-electron chi connectivity index (χ0n) is 20.3. The zero-order valence-corrected chi connectivity index (χ0v) is 20.3. The molecule has 2 aliphatic rings. The molecule has 2 aliphatic carbocycles. The molecule has 0 heterocycles. The number of hydrogen-bond acceptors (Lipinski definition) is 1. The Kier molecular flexibility index (Phi) is 8.44. The first-order valence-corrected chi connectivity index (χ1v) is 13.3. The summed E-state index contributed by atoms with van der Waals surface area (Å²) >= 11 is 0. The van der Waals surface area contributed by atoms with Crippen molar-refractivity contribution < 1.29 is 13.5 Å². The molecule has 0 aliphatic heterocycles.